The van der Waals surface area contributed by atoms with Crippen LogP contribution in [-0.4, -0.2) is 43.7 Å². The number of hydrogen-bond donors (Lipinski definition) is 0. The Morgan fingerprint density at radius 1 is 1.25 bits per heavy atom. The first-order valence-electron chi connectivity index (χ1n) is 6.54. The maximum Gasteiger partial charge on any atom is 0.361 e. The van der Waals surface area contributed by atoms with Crippen molar-refractivity contribution in [2.45, 2.75) is 51.5 Å². The van der Waals surface area contributed by atoms with Crippen molar-refractivity contribution in [2.75, 3.05) is 27.2 Å². The normalized spacial score (nSPS) is 18.4. The van der Waals surface area contributed by atoms with Crippen LogP contribution in [0.4, 0.5) is 0 Å². The lowest BCUT2D eigenvalue weighted by Gasteiger charge is -2.39. The molecule has 1 fully saturated rings. The number of ether oxygens (including phenoxy) is 1. The van der Waals surface area contributed by atoms with E-state index in [1.807, 2.05) is 6.92 Å². The van der Waals surface area contributed by atoms with Gasteiger partial charge in [0.2, 0.25) is 0 Å². The average molecular weight is 228 g/mol. The summed E-state index contributed by atoms with van der Waals surface area (Å²) in [6, 6.07) is 0.642. The van der Waals surface area contributed by atoms with Crippen LogP contribution in [0.2, 0.25) is 0 Å². The summed E-state index contributed by atoms with van der Waals surface area (Å²) in [5.41, 5.74) is 0. The van der Waals surface area contributed by atoms with Crippen molar-refractivity contribution < 1.29 is 14.0 Å². The van der Waals surface area contributed by atoms with Gasteiger partial charge in [0.05, 0.1) is 26.7 Å². The van der Waals surface area contributed by atoms with Gasteiger partial charge in [-0.05, 0) is 32.1 Å². The largest absolute Gasteiger partial charge is 0.462 e. The minimum Gasteiger partial charge on any atom is -0.462 e. The number of nitrogens with zero attached hydrogens (tertiary/aromatic N) is 1. The van der Waals surface area contributed by atoms with Crippen molar-refractivity contribution >= 4 is 5.97 Å². The van der Waals surface area contributed by atoms with Gasteiger partial charge in [0.1, 0.15) is 0 Å². The van der Waals surface area contributed by atoms with Crippen LogP contribution in [0.1, 0.15) is 45.4 Å². The van der Waals surface area contributed by atoms with Crippen LogP contribution in [-0.2, 0) is 9.53 Å². The predicted molar refractivity (Wildman–Crippen MR) is 65.1 cm³/mol. The molecule has 0 atom stereocenters. The number of carbonyl (C=O) groups is 1. The molecule has 3 heteroatoms. The summed E-state index contributed by atoms with van der Waals surface area (Å²) in [7, 11) is 4.31. The van der Waals surface area contributed by atoms with Crippen molar-refractivity contribution in [1.29, 1.82) is 0 Å². The lowest BCUT2D eigenvalue weighted by molar-refractivity contribution is -0.909. The van der Waals surface area contributed by atoms with Gasteiger partial charge < -0.3 is 9.22 Å². The van der Waals surface area contributed by atoms with E-state index >= 15 is 0 Å². The van der Waals surface area contributed by atoms with Crippen molar-refractivity contribution in [2.24, 2.45) is 0 Å². The second kappa shape index (κ2) is 6.24. The van der Waals surface area contributed by atoms with E-state index in [4.69, 9.17) is 4.74 Å². The van der Waals surface area contributed by atoms with E-state index in [9.17, 15) is 4.79 Å². The average Bonchev–Trinajstić information content (AvgIpc) is 2.27. The topological polar surface area (TPSA) is 26.3 Å². The summed E-state index contributed by atoms with van der Waals surface area (Å²) in [5, 5.41) is 0. The minimum absolute atomic E-state index is 0.0441. The Balaban J connectivity index is 2.39. The fourth-order valence-electron chi connectivity index (χ4n) is 2.50. The third-order valence-corrected chi connectivity index (χ3v) is 3.57. The first kappa shape index (κ1) is 13.5. The maximum absolute atomic E-state index is 11.6. The highest BCUT2D eigenvalue weighted by atomic mass is 16.5. The summed E-state index contributed by atoms with van der Waals surface area (Å²) in [4.78, 5) is 11.6. The molecule has 0 N–H and O–H groups in total. The molecule has 0 amide bonds. The summed E-state index contributed by atoms with van der Waals surface area (Å²) >= 11 is 0. The van der Waals surface area contributed by atoms with E-state index in [0.717, 1.165) is 10.9 Å². The third kappa shape index (κ3) is 4.12. The summed E-state index contributed by atoms with van der Waals surface area (Å²) in [5.74, 6) is -0.0441. The van der Waals surface area contributed by atoms with E-state index in [0.29, 0.717) is 19.2 Å². The molecule has 0 heterocycles. The van der Waals surface area contributed by atoms with Crippen LogP contribution >= 0.6 is 0 Å². The number of carbonyl (C=O) groups excluding carboxylic acids is 1. The third-order valence-electron chi connectivity index (χ3n) is 3.57. The molecule has 0 spiro atoms. The lowest BCUT2D eigenvalue weighted by atomic mass is 9.93. The molecule has 0 saturated heterocycles. The van der Waals surface area contributed by atoms with Gasteiger partial charge in [-0.3, -0.25) is 0 Å². The molecule has 0 radical (unpaired) electrons. The monoisotopic (exact) mass is 228 g/mol. The van der Waals surface area contributed by atoms with Crippen LogP contribution < -0.4 is 0 Å². The first-order chi connectivity index (χ1) is 7.56. The number of rotatable bonds is 5. The van der Waals surface area contributed by atoms with Gasteiger partial charge >= 0.3 is 5.97 Å². The molecule has 0 unspecified atom stereocenters. The van der Waals surface area contributed by atoms with Crippen LogP contribution in [0.5, 0.6) is 0 Å². The molecule has 1 aliphatic rings. The number of likely N-dealkylation sites (N-methyl/N-ethyl adjacent to an activating group) is 1. The molecule has 1 aliphatic carbocycles. The molecule has 1 rings (SSSR count). The Kier molecular flexibility index (Phi) is 5.26. The van der Waals surface area contributed by atoms with Gasteiger partial charge in [0.25, 0.3) is 0 Å². The second-order valence-electron chi connectivity index (χ2n) is 5.45. The Hall–Kier alpha value is -0.570. The van der Waals surface area contributed by atoms with Crippen LogP contribution in [0, 0.1) is 0 Å². The SMILES string of the molecule is CCCOC(=O)C[N+](C)(C)C1CCCCC1. The van der Waals surface area contributed by atoms with E-state index in [2.05, 4.69) is 14.1 Å². The van der Waals surface area contributed by atoms with Gasteiger partial charge in [-0.15, -0.1) is 0 Å². The van der Waals surface area contributed by atoms with Gasteiger partial charge in [-0.2, -0.15) is 0 Å². The zero-order valence-electron chi connectivity index (χ0n) is 11.0. The molecule has 0 aliphatic heterocycles. The van der Waals surface area contributed by atoms with Gasteiger partial charge in [-0.25, -0.2) is 4.79 Å². The smallest absolute Gasteiger partial charge is 0.361 e. The standard InChI is InChI=1S/C13H26NO2/c1-4-10-16-13(15)11-14(2,3)12-8-6-5-7-9-12/h12H,4-11H2,1-3H3/q+1. The summed E-state index contributed by atoms with van der Waals surface area (Å²) in [6.07, 6.45) is 7.41. The van der Waals surface area contributed by atoms with Crippen molar-refractivity contribution in [3.63, 3.8) is 0 Å². The van der Waals surface area contributed by atoms with Crippen LogP contribution in [0.15, 0.2) is 0 Å². The number of esters is 1. The molecule has 0 aromatic heterocycles. The quantitative estimate of drug-likeness (QED) is 0.533. The molecular weight excluding hydrogens is 202 g/mol. The highest BCUT2D eigenvalue weighted by Crippen LogP contribution is 2.25. The molecule has 0 bridgehead atoms. The highest BCUT2D eigenvalue weighted by molar-refractivity contribution is 5.70. The maximum atomic E-state index is 11.6. The fraction of sp³-hybridized carbons (Fsp3) is 0.923. The Morgan fingerprint density at radius 3 is 2.44 bits per heavy atom. The van der Waals surface area contributed by atoms with E-state index in [-0.39, 0.29) is 5.97 Å². The Morgan fingerprint density at radius 2 is 1.88 bits per heavy atom. The van der Waals surface area contributed by atoms with Crippen molar-refractivity contribution in [3.05, 3.63) is 0 Å². The molecule has 16 heavy (non-hydrogen) atoms. The lowest BCUT2D eigenvalue weighted by Crippen LogP contribution is -2.52. The van der Waals surface area contributed by atoms with Crippen molar-refractivity contribution in [3.8, 4) is 0 Å². The zero-order valence-corrected chi connectivity index (χ0v) is 11.0. The van der Waals surface area contributed by atoms with Gasteiger partial charge in [0, 0.05) is 0 Å². The van der Waals surface area contributed by atoms with Crippen LogP contribution in [0.3, 0.4) is 0 Å². The molecule has 3 nitrogen and oxygen atoms in total. The highest BCUT2D eigenvalue weighted by Gasteiger charge is 2.32. The van der Waals surface area contributed by atoms with Crippen LogP contribution in [0.25, 0.3) is 0 Å². The molecule has 1 saturated carbocycles. The Bertz CT molecular complexity index is 220. The van der Waals surface area contributed by atoms with E-state index in [1.54, 1.807) is 0 Å². The number of hydrogen-bond acceptors (Lipinski definition) is 2. The second-order valence-corrected chi connectivity index (χ2v) is 5.45. The van der Waals surface area contributed by atoms with Gasteiger partial charge in [-0.1, -0.05) is 13.3 Å². The predicted octanol–water partition coefficient (Wildman–Crippen LogP) is 2.35. The van der Waals surface area contributed by atoms with E-state index < -0.39 is 0 Å². The number of quaternary nitrogens is 1. The molecular formula is C13H26NO2+. The summed E-state index contributed by atoms with van der Waals surface area (Å²) < 4.78 is 5.96. The zero-order chi connectivity index (χ0) is 12.0. The fourth-order valence-corrected chi connectivity index (χ4v) is 2.50. The molecule has 0 aromatic rings. The molecule has 94 valence electrons. The minimum atomic E-state index is -0.0441. The van der Waals surface area contributed by atoms with E-state index in [1.165, 1.54) is 32.1 Å². The molecule has 0 aromatic carbocycles. The first-order valence-corrected chi connectivity index (χ1v) is 6.54. The Labute approximate surface area is 99.4 Å². The summed E-state index contributed by atoms with van der Waals surface area (Å²) in [6.45, 7) is 3.10. The van der Waals surface area contributed by atoms with Gasteiger partial charge in [0.15, 0.2) is 6.54 Å². The van der Waals surface area contributed by atoms with Crippen molar-refractivity contribution in [1.82, 2.24) is 0 Å².